The Morgan fingerprint density at radius 3 is 2.63 bits per heavy atom. The zero-order chi connectivity index (χ0) is 21.5. The summed E-state index contributed by atoms with van der Waals surface area (Å²) in [5.74, 6) is 0.909. The van der Waals surface area contributed by atoms with Crippen LogP contribution in [-0.2, 0) is 13.2 Å². The van der Waals surface area contributed by atoms with Gasteiger partial charge in [-0.05, 0) is 48.6 Å². The summed E-state index contributed by atoms with van der Waals surface area (Å²) in [5, 5.41) is 3.15. The lowest BCUT2D eigenvalue weighted by atomic mass is 10.2. The Morgan fingerprint density at radius 1 is 1.17 bits per heavy atom. The number of H-pyrrole nitrogens is 1. The number of rotatable bonds is 9. The number of benzene rings is 2. The minimum atomic E-state index is -2.92. The third-order valence-corrected chi connectivity index (χ3v) is 4.52. The number of methoxy groups -OCH3 is 1. The summed E-state index contributed by atoms with van der Waals surface area (Å²) in [5.41, 5.74) is 1.86. The molecule has 158 valence electrons. The highest BCUT2D eigenvalue weighted by atomic mass is 32.1. The molecule has 0 saturated heterocycles. The van der Waals surface area contributed by atoms with E-state index in [1.807, 2.05) is 54.4 Å². The van der Waals surface area contributed by atoms with Crippen LogP contribution in [0.3, 0.4) is 0 Å². The molecule has 1 N–H and O–H groups in total. The van der Waals surface area contributed by atoms with Crippen molar-refractivity contribution in [1.29, 1.82) is 0 Å². The number of aromatic nitrogens is 3. The van der Waals surface area contributed by atoms with Gasteiger partial charge in [-0.25, -0.2) is 4.68 Å². The van der Waals surface area contributed by atoms with Gasteiger partial charge >= 0.3 is 6.61 Å². The predicted octanol–water partition coefficient (Wildman–Crippen LogP) is 4.81. The summed E-state index contributed by atoms with van der Waals surface area (Å²) in [6.07, 6.45) is 3.81. The second-order valence-corrected chi connectivity index (χ2v) is 6.95. The maximum atomic E-state index is 12.6. The van der Waals surface area contributed by atoms with Gasteiger partial charge in [0.1, 0.15) is 5.82 Å². The number of aromatic amines is 1. The van der Waals surface area contributed by atoms with E-state index in [-0.39, 0.29) is 11.5 Å². The van der Waals surface area contributed by atoms with E-state index >= 15 is 0 Å². The number of nitrogens with one attached hydrogen (secondary N) is 1. The number of hydrogen-bond acceptors (Lipinski definition) is 5. The van der Waals surface area contributed by atoms with Crippen LogP contribution in [0.2, 0.25) is 0 Å². The average molecular weight is 432 g/mol. The van der Waals surface area contributed by atoms with Gasteiger partial charge in [-0.15, -0.1) is 0 Å². The van der Waals surface area contributed by atoms with Crippen LogP contribution in [0.1, 0.15) is 17.0 Å². The molecule has 0 radical (unpaired) electrons. The number of nitrogens with zero attached hydrogens (tertiary/aromatic N) is 3. The predicted molar refractivity (Wildman–Crippen MR) is 114 cm³/mol. The van der Waals surface area contributed by atoms with Crippen LogP contribution < -0.4 is 9.47 Å². The Bertz CT molecular complexity index is 1050. The zero-order valence-corrected chi connectivity index (χ0v) is 17.4. The first-order valence-corrected chi connectivity index (χ1v) is 9.55. The molecule has 0 aliphatic rings. The maximum absolute atomic E-state index is 12.6. The van der Waals surface area contributed by atoms with Crippen LogP contribution in [0.4, 0.5) is 8.78 Å². The summed E-state index contributed by atoms with van der Waals surface area (Å²) < 4.78 is 37.0. The smallest absolute Gasteiger partial charge is 0.387 e. The molecule has 0 aliphatic carbocycles. The standard InChI is InChI=1S/C21H22F2N4O2S/c1-26(13-16-8-10-17(28-2)18(12-16)29-20(22)23)14-27-21(30)24-19(25-27)11-9-15-6-4-3-5-7-15/h3-12,20H,13-14H2,1-2H3,(H,24,25,30)/b11-9+. The van der Waals surface area contributed by atoms with Crippen molar-refractivity contribution in [1.82, 2.24) is 19.7 Å². The molecule has 2 aromatic carbocycles. The lowest BCUT2D eigenvalue weighted by molar-refractivity contribution is -0.0512. The maximum Gasteiger partial charge on any atom is 0.387 e. The Hall–Kier alpha value is -3.04. The summed E-state index contributed by atoms with van der Waals surface area (Å²) in [7, 11) is 3.29. The van der Waals surface area contributed by atoms with Gasteiger partial charge in [0.2, 0.25) is 4.77 Å². The van der Waals surface area contributed by atoms with Crippen molar-refractivity contribution >= 4 is 24.4 Å². The molecule has 1 aromatic heterocycles. The monoisotopic (exact) mass is 432 g/mol. The topological polar surface area (TPSA) is 55.3 Å². The van der Waals surface area contributed by atoms with Crippen LogP contribution >= 0.6 is 12.2 Å². The third-order valence-electron chi connectivity index (χ3n) is 4.21. The van der Waals surface area contributed by atoms with Crippen molar-refractivity contribution < 1.29 is 18.3 Å². The summed E-state index contributed by atoms with van der Waals surface area (Å²) in [6, 6.07) is 14.8. The van der Waals surface area contributed by atoms with Gasteiger partial charge in [-0.2, -0.15) is 13.8 Å². The first-order valence-electron chi connectivity index (χ1n) is 9.15. The second kappa shape index (κ2) is 10.1. The quantitative estimate of drug-likeness (QED) is 0.492. The Balaban J connectivity index is 1.66. The molecule has 1 heterocycles. The van der Waals surface area contributed by atoms with Gasteiger partial charge in [0.15, 0.2) is 11.5 Å². The number of alkyl halides is 2. The van der Waals surface area contributed by atoms with Gasteiger partial charge in [0, 0.05) is 6.54 Å². The number of halogens is 2. The molecule has 0 amide bonds. The normalized spacial score (nSPS) is 11.5. The first kappa shape index (κ1) is 21.7. The van der Waals surface area contributed by atoms with Gasteiger partial charge in [-0.1, -0.05) is 42.5 Å². The fraction of sp³-hybridized carbons (Fsp3) is 0.238. The van der Waals surface area contributed by atoms with E-state index in [1.165, 1.54) is 7.11 Å². The summed E-state index contributed by atoms with van der Waals surface area (Å²) in [4.78, 5) is 6.31. The van der Waals surface area contributed by atoms with Gasteiger partial charge in [0.25, 0.3) is 0 Å². The van der Waals surface area contributed by atoms with E-state index in [2.05, 4.69) is 14.8 Å². The van der Waals surface area contributed by atoms with E-state index < -0.39 is 6.61 Å². The van der Waals surface area contributed by atoms with E-state index in [1.54, 1.807) is 22.9 Å². The van der Waals surface area contributed by atoms with Crippen molar-refractivity contribution in [3.63, 3.8) is 0 Å². The molecule has 0 saturated carbocycles. The highest BCUT2D eigenvalue weighted by molar-refractivity contribution is 7.71. The van der Waals surface area contributed by atoms with Crippen molar-refractivity contribution in [2.24, 2.45) is 0 Å². The molecule has 0 fully saturated rings. The lowest BCUT2D eigenvalue weighted by Gasteiger charge is -2.18. The molecule has 30 heavy (non-hydrogen) atoms. The SMILES string of the molecule is COc1ccc(CN(C)Cn2[nH]c(/C=C/c3ccccc3)nc2=S)cc1OC(F)F. The van der Waals surface area contributed by atoms with E-state index in [0.29, 0.717) is 23.8 Å². The minimum absolute atomic E-state index is 0.00453. The first-order chi connectivity index (χ1) is 14.4. The molecular formula is C21H22F2N4O2S. The Kier molecular flexibility index (Phi) is 7.31. The molecule has 6 nitrogen and oxygen atoms in total. The highest BCUT2D eigenvalue weighted by Gasteiger charge is 2.12. The molecule has 0 aliphatic heterocycles. The fourth-order valence-corrected chi connectivity index (χ4v) is 3.10. The van der Waals surface area contributed by atoms with Crippen molar-refractivity contribution in [3.8, 4) is 11.5 Å². The van der Waals surface area contributed by atoms with Crippen LogP contribution in [0.15, 0.2) is 48.5 Å². The van der Waals surface area contributed by atoms with Crippen molar-refractivity contribution in [2.75, 3.05) is 14.2 Å². The van der Waals surface area contributed by atoms with E-state index in [4.69, 9.17) is 17.0 Å². The third kappa shape index (κ3) is 5.98. The molecule has 0 unspecified atom stereocenters. The van der Waals surface area contributed by atoms with Crippen LogP contribution in [0.5, 0.6) is 11.5 Å². The van der Waals surface area contributed by atoms with E-state index in [0.717, 1.165) is 11.1 Å². The largest absolute Gasteiger partial charge is 0.493 e. The van der Waals surface area contributed by atoms with Crippen molar-refractivity contribution in [2.45, 2.75) is 19.8 Å². The molecule has 3 aromatic rings. The van der Waals surface area contributed by atoms with Gasteiger partial charge in [-0.3, -0.25) is 10.00 Å². The Labute approximate surface area is 178 Å². The minimum Gasteiger partial charge on any atom is -0.493 e. The molecular weight excluding hydrogens is 410 g/mol. The number of ether oxygens (including phenoxy) is 2. The lowest BCUT2D eigenvalue weighted by Crippen LogP contribution is -2.22. The van der Waals surface area contributed by atoms with Gasteiger partial charge in [0.05, 0.1) is 13.8 Å². The van der Waals surface area contributed by atoms with Crippen molar-refractivity contribution in [3.05, 3.63) is 70.3 Å². The molecule has 9 heteroatoms. The summed E-state index contributed by atoms with van der Waals surface area (Å²) in [6.45, 7) is -1.99. The molecule has 0 bridgehead atoms. The molecule has 0 spiro atoms. The zero-order valence-electron chi connectivity index (χ0n) is 16.6. The second-order valence-electron chi connectivity index (χ2n) is 6.58. The van der Waals surface area contributed by atoms with E-state index in [9.17, 15) is 8.78 Å². The average Bonchev–Trinajstić information content (AvgIpc) is 3.06. The molecule has 3 rings (SSSR count). The van der Waals surface area contributed by atoms with Crippen LogP contribution in [0.25, 0.3) is 12.2 Å². The summed E-state index contributed by atoms with van der Waals surface area (Å²) >= 11 is 5.33. The Morgan fingerprint density at radius 2 is 1.93 bits per heavy atom. The number of hydrogen-bond donors (Lipinski definition) is 1. The highest BCUT2D eigenvalue weighted by Crippen LogP contribution is 2.29. The van der Waals surface area contributed by atoms with Crippen LogP contribution in [0, 0.1) is 4.77 Å². The molecule has 0 atom stereocenters. The fourth-order valence-electron chi connectivity index (χ4n) is 2.89. The van der Waals surface area contributed by atoms with Crippen LogP contribution in [-0.4, -0.2) is 40.4 Å². The van der Waals surface area contributed by atoms with Gasteiger partial charge < -0.3 is 9.47 Å².